The van der Waals surface area contributed by atoms with Gasteiger partial charge in [0.2, 0.25) is 0 Å². The summed E-state index contributed by atoms with van der Waals surface area (Å²) < 4.78 is 0. The normalized spacial score (nSPS) is 14.0. The summed E-state index contributed by atoms with van der Waals surface area (Å²) in [6, 6.07) is 11.1. The molecule has 0 radical (unpaired) electrons. The van der Waals surface area contributed by atoms with Gasteiger partial charge in [-0.3, -0.25) is 0 Å². The van der Waals surface area contributed by atoms with E-state index in [-0.39, 0.29) is 12.6 Å². The third-order valence-electron chi connectivity index (χ3n) is 3.92. The van der Waals surface area contributed by atoms with Crippen molar-refractivity contribution in [1.29, 1.82) is 0 Å². The highest BCUT2D eigenvalue weighted by Crippen LogP contribution is 2.27. The van der Waals surface area contributed by atoms with E-state index in [0.29, 0.717) is 6.04 Å². The lowest BCUT2D eigenvalue weighted by Gasteiger charge is -2.21. The SMILES string of the molecule is CCC(CCO)NC(C)c1sc(Cc2ccccc2)nc1C. The number of benzene rings is 1. The molecule has 0 saturated carbocycles. The van der Waals surface area contributed by atoms with Gasteiger partial charge in [0.1, 0.15) is 0 Å². The predicted octanol–water partition coefficient (Wildman–Crippen LogP) is 3.85. The minimum Gasteiger partial charge on any atom is -0.396 e. The summed E-state index contributed by atoms with van der Waals surface area (Å²) in [6.07, 6.45) is 2.72. The second-order valence-electron chi connectivity index (χ2n) is 5.73. The Hall–Kier alpha value is -1.23. The largest absolute Gasteiger partial charge is 0.396 e. The van der Waals surface area contributed by atoms with Crippen molar-refractivity contribution in [3.63, 3.8) is 0 Å². The fourth-order valence-electron chi connectivity index (χ4n) is 2.70. The molecule has 1 aromatic heterocycles. The molecule has 0 aliphatic rings. The van der Waals surface area contributed by atoms with Crippen molar-refractivity contribution >= 4 is 11.3 Å². The van der Waals surface area contributed by atoms with E-state index in [9.17, 15) is 0 Å². The zero-order chi connectivity index (χ0) is 15.9. The molecule has 22 heavy (non-hydrogen) atoms. The maximum absolute atomic E-state index is 9.12. The molecule has 120 valence electrons. The van der Waals surface area contributed by atoms with Gasteiger partial charge in [-0.15, -0.1) is 11.3 Å². The minimum atomic E-state index is 0.235. The van der Waals surface area contributed by atoms with E-state index in [1.165, 1.54) is 15.4 Å². The van der Waals surface area contributed by atoms with Crippen LogP contribution in [-0.4, -0.2) is 22.7 Å². The zero-order valence-electron chi connectivity index (χ0n) is 13.7. The average Bonchev–Trinajstić information content (AvgIpc) is 2.88. The summed E-state index contributed by atoms with van der Waals surface area (Å²) >= 11 is 1.80. The molecule has 4 heteroatoms. The Labute approximate surface area is 137 Å². The van der Waals surface area contributed by atoms with Crippen molar-refractivity contribution in [2.45, 2.75) is 52.1 Å². The van der Waals surface area contributed by atoms with Crippen molar-refractivity contribution in [3.8, 4) is 0 Å². The van der Waals surface area contributed by atoms with E-state index < -0.39 is 0 Å². The van der Waals surface area contributed by atoms with Crippen LogP contribution in [0.3, 0.4) is 0 Å². The van der Waals surface area contributed by atoms with Crippen LogP contribution in [0.1, 0.15) is 53.9 Å². The monoisotopic (exact) mass is 318 g/mol. The highest BCUT2D eigenvalue weighted by molar-refractivity contribution is 7.11. The molecule has 2 N–H and O–H groups in total. The van der Waals surface area contributed by atoms with Gasteiger partial charge in [0.15, 0.2) is 0 Å². The first-order chi connectivity index (χ1) is 10.6. The number of nitrogens with zero attached hydrogens (tertiary/aromatic N) is 1. The average molecular weight is 318 g/mol. The van der Waals surface area contributed by atoms with Gasteiger partial charge in [0.25, 0.3) is 0 Å². The summed E-state index contributed by atoms with van der Waals surface area (Å²) in [5.74, 6) is 0. The third-order valence-corrected chi connectivity index (χ3v) is 5.26. The lowest BCUT2D eigenvalue weighted by Crippen LogP contribution is -2.31. The van der Waals surface area contributed by atoms with Crippen LogP contribution in [-0.2, 0) is 6.42 Å². The lowest BCUT2D eigenvalue weighted by molar-refractivity contribution is 0.257. The van der Waals surface area contributed by atoms with Crippen LogP contribution in [0.4, 0.5) is 0 Å². The highest BCUT2D eigenvalue weighted by Gasteiger charge is 2.17. The zero-order valence-corrected chi connectivity index (χ0v) is 14.5. The maximum Gasteiger partial charge on any atom is 0.0975 e. The molecule has 2 atom stereocenters. The van der Waals surface area contributed by atoms with E-state index >= 15 is 0 Å². The first-order valence-electron chi connectivity index (χ1n) is 8.01. The summed E-state index contributed by atoms with van der Waals surface area (Å²) in [5, 5.41) is 13.9. The topological polar surface area (TPSA) is 45.1 Å². The molecular weight excluding hydrogens is 292 g/mol. The molecular formula is C18H26N2OS. The molecule has 0 fully saturated rings. The number of rotatable bonds is 8. The molecule has 1 aromatic carbocycles. The Kier molecular flexibility index (Phi) is 6.55. The molecule has 0 amide bonds. The first kappa shape index (κ1) is 17.1. The van der Waals surface area contributed by atoms with Gasteiger partial charge in [-0.2, -0.15) is 0 Å². The number of aryl methyl sites for hydroxylation is 1. The van der Waals surface area contributed by atoms with Gasteiger partial charge in [-0.05, 0) is 32.3 Å². The maximum atomic E-state index is 9.12. The van der Waals surface area contributed by atoms with Crippen LogP contribution in [0, 0.1) is 6.92 Å². The molecule has 2 aromatic rings. The van der Waals surface area contributed by atoms with Gasteiger partial charge >= 0.3 is 0 Å². The second kappa shape index (κ2) is 8.42. The third kappa shape index (κ3) is 4.63. The number of aliphatic hydroxyl groups is 1. The van der Waals surface area contributed by atoms with Crippen molar-refractivity contribution in [3.05, 3.63) is 51.5 Å². The van der Waals surface area contributed by atoms with E-state index in [2.05, 4.69) is 50.4 Å². The van der Waals surface area contributed by atoms with Crippen LogP contribution in [0.2, 0.25) is 0 Å². The Bertz CT molecular complexity index is 568. The summed E-state index contributed by atoms with van der Waals surface area (Å²) in [4.78, 5) is 6.04. The summed E-state index contributed by atoms with van der Waals surface area (Å²) in [6.45, 7) is 6.66. The van der Waals surface area contributed by atoms with E-state index in [0.717, 1.165) is 25.0 Å². The molecule has 3 nitrogen and oxygen atoms in total. The summed E-state index contributed by atoms with van der Waals surface area (Å²) in [5.41, 5.74) is 2.42. The number of hydrogen-bond acceptors (Lipinski definition) is 4. The van der Waals surface area contributed by atoms with Crippen LogP contribution in [0.15, 0.2) is 30.3 Å². The van der Waals surface area contributed by atoms with Gasteiger partial charge in [0.05, 0.1) is 10.7 Å². The number of thiazole rings is 1. The molecule has 0 bridgehead atoms. The number of aliphatic hydroxyl groups excluding tert-OH is 1. The number of hydrogen-bond donors (Lipinski definition) is 2. The van der Waals surface area contributed by atoms with Crippen molar-refractivity contribution in [1.82, 2.24) is 10.3 Å². The second-order valence-corrected chi connectivity index (χ2v) is 6.84. The Balaban J connectivity index is 2.05. The number of nitrogens with one attached hydrogen (secondary N) is 1. The van der Waals surface area contributed by atoms with Crippen LogP contribution in [0.25, 0.3) is 0 Å². The minimum absolute atomic E-state index is 0.235. The quantitative estimate of drug-likeness (QED) is 0.777. The lowest BCUT2D eigenvalue weighted by atomic mass is 10.1. The van der Waals surface area contributed by atoms with E-state index in [4.69, 9.17) is 10.1 Å². The molecule has 2 unspecified atom stereocenters. The van der Waals surface area contributed by atoms with Crippen LogP contribution in [0.5, 0.6) is 0 Å². The van der Waals surface area contributed by atoms with Crippen molar-refractivity contribution in [2.24, 2.45) is 0 Å². The van der Waals surface area contributed by atoms with Crippen LogP contribution < -0.4 is 5.32 Å². The van der Waals surface area contributed by atoms with Gasteiger partial charge in [0, 0.05) is 30.0 Å². The van der Waals surface area contributed by atoms with Gasteiger partial charge in [-0.25, -0.2) is 4.98 Å². The molecule has 0 spiro atoms. The molecule has 1 heterocycles. The smallest absolute Gasteiger partial charge is 0.0975 e. The first-order valence-corrected chi connectivity index (χ1v) is 8.82. The molecule has 0 saturated heterocycles. The van der Waals surface area contributed by atoms with Crippen molar-refractivity contribution < 1.29 is 5.11 Å². The molecule has 0 aliphatic carbocycles. The van der Waals surface area contributed by atoms with Gasteiger partial charge < -0.3 is 10.4 Å². The molecule has 2 rings (SSSR count). The van der Waals surface area contributed by atoms with Gasteiger partial charge in [-0.1, -0.05) is 37.3 Å². The summed E-state index contributed by atoms with van der Waals surface area (Å²) in [7, 11) is 0. The van der Waals surface area contributed by atoms with Crippen LogP contribution >= 0.6 is 11.3 Å². The Morgan fingerprint density at radius 1 is 1.27 bits per heavy atom. The Morgan fingerprint density at radius 3 is 2.64 bits per heavy atom. The fourth-order valence-corrected chi connectivity index (χ4v) is 3.82. The fraction of sp³-hybridized carbons (Fsp3) is 0.500. The highest BCUT2D eigenvalue weighted by atomic mass is 32.1. The predicted molar refractivity (Wildman–Crippen MR) is 93.4 cm³/mol. The van der Waals surface area contributed by atoms with E-state index in [1.54, 1.807) is 11.3 Å². The Morgan fingerprint density at radius 2 is 2.00 bits per heavy atom. The molecule has 0 aliphatic heterocycles. The number of aromatic nitrogens is 1. The standard InChI is InChI=1S/C18H26N2OS/c1-4-16(10-11-21)19-13(2)18-14(3)20-17(22-18)12-15-8-6-5-7-9-15/h5-9,13,16,19,21H,4,10-12H2,1-3H3. The van der Waals surface area contributed by atoms with Crippen molar-refractivity contribution in [2.75, 3.05) is 6.61 Å². The van der Waals surface area contributed by atoms with E-state index in [1.807, 2.05) is 6.07 Å².